The molecule has 0 aliphatic heterocycles. The van der Waals surface area contributed by atoms with Gasteiger partial charge in [0.25, 0.3) is 0 Å². The minimum atomic E-state index is -4.27. The molecule has 0 amide bonds. The molecule has 2 aromatic carbocycles. The van der Waals surface area contributed by atoms with Crippen molar-refractivity contribution >= 4 is 84.1 Å². The Morgan fingerprint density at radius 1 is 1.00 bits per heavy atom. The molecule has 0 atom stereocenters. The maximum absolute atomic E-state index is 11.6. The standard InChI is InChI=1S/C12H9NO6S.K.H/c13-20(18,19)10-8-3-2-7(11(14)15)5-6(8)1-4-9(10)12(16)17;;/h1-5H,(H,14,15)(H,16,17)(H2,13,18,19);;. The molecule has 106 valence electrons. The van der Waals surface area contributed by atoms with Crippen LogP contribution in [0.15, 0.2) is 35.2 Å². The van der Waals surface area contributed by atoms with Crippen LogP contribution in [0.1, 0.15) is 20.7 Å². The molecule has 0 unspecified atom stereocenters. The van der Waals surface area contributed by atoms with Crippen molar-refractivity contribution in [1.29, 1.82) is 0 Å². The first-order valence-corrected chi connectivity index (χ1v) is 6.82. The molecule has 0 radical (unpaired) electrons. The number of benzene rings is 2. The summed E-state index contributed by atoms with van der Waals surface area (Å²) in [6, 6.07) is 6.07. The van der Waals surface area contributed by atoms with Crippen LogP contribution in [0.4, 0.5) is 0 Å². The average Bonchev–Trinajstić information content (AvgIpc) is 2.35. The average molecular weight is 335 g/mol. The van der Waals surface area contributed by atoms with Crippen molar-refractivity contribution in [1.82, 2.24) is 0 Å². The molecule has 0 aliphatic rings. The summed E-state index contributed by atoms with van der Waals surface area (Å²) in [5, 5.41) is 23.3. The predicted octanol–water partition coefficient (Wildman–Crippen LogP) is 0.235. The zero-order valence-corrected chi connectivity index (χ0v) is 10.7. The summed E-state index contributed by atoms with van der Waals surface area (Å²) in [6.07, 6.45) is 0. The van der Waals surface area contributed by atoms with Crippen LogP contribution in [0.3, 0.4) is 0 Å². The van der Waals surface area contributed by atoms with Gasteiger partial charge in [-0.25, -0.2) is 23.1 Å². The fraction of sp³-hybridized carbons (Fsp3) is 0. The number of sulfonamides is 1. The number of nitrogens with two attached hydrogens (primary N) is 1. The van der Waals surface area contributed by atoms with Gasteiger partial charge in [0.15, 0.2) is 0 Å². The molecule has 0 fully saturated rings. The Labute approximate surface area is 162 Å². The van der Waals surface area contributed by atoms with Gasteiger partial charge in [-0.3, -0.25) is 0 Å². The van der Waals surface area contributed by atoms with Gasteiger partial charge in [0, 0.05) is 5.39 Å². The van der Waals surface area contributed by atoms with E-state index in [0.29, 0.717) is 0 Å². The van der Waals surface area contributed by atoms with Crippen molar-refractivity contribution in [3.63, 3.8) is 0 Å². The minimum absolute atomic E-state index is 0. The van der Waals surface area contributed by atoms with Crippen LogP contribution in [0.2, 0.25) is 0 Å². The van der Waals surface area contributed by atoms with Crippen LogP contribution in [0, 0.1) is 0 Å². The first kappa shape index (κ1) is 18.2. The van der Waals surface area contributed by atoms with Crippen molar-refractivity contribution in [2.24, 2.45) is 5.14 Å². The predicted molar refractivity (Wildman–Crippen MR) is 76.4 cm³/mol. The molecular weight excluding hydrogens is 325 g/mol. The molecular formula is C12H10KNO6S. The summed E-state index contributed by atoms with van der Waals surface area (Å²) in [7, 11) is -4.27. The fourth-order valence-corrected chi connectivity index (χ4v) is 2.86. The first-order valence-electron chi connectivity index (χ1n) is 5.28. The number of aromatic carboxylic acids is 2. The number of primary sulfonamides is 1. The molecule has 2 aromatic rings. The van der Waals surface area contributed by atoms with E-state index < -0.39 is 32.4 Å². The molecule has 0 spiro atoms. The summed E-state index contributed by atoms with van der Waals surface area (Å²) in [4.78, 5) is 21.4. The van der Waals surface area contributed by atoms with Gasteiger partial charge in [0.05, 0.1) is 11.1 Å². The zero-order valence-electron chi connectivity index (χ0n) is 9.90. The van der Waals surface area contributed by atoms with Crippen molar-refractivity contribution in [3.05, 3.63) is 41.5 Å². The van der Waals surface area contributed by atoms with Gasteiger partial charge in [0.2, 0.25) is 10.0 Å². The van der Waals surface area contributed by atoms with E-state index in [2.05, 4.69) is 0 Å². The first-order chi connectivity index (χ1) is 9.21. The molecule has 0 saturated carbocycles. The van der Waals surface area contributed by atoms with Crippen LogP contribution >= 0.6 is 0 Å². The molecule has 0 heterocycles. The maximum atomic E-state index is 11.6. The van der Waals surface area contributed by atoms with Gasteiger partial charge in [-0.15, -0.1) is 0 Å². The molecule has 0 saturated heterocycles. The Bertz CT molecular complexity index is 846. The third-order valence-corrected chi connectivity index (χ3v) is 3.74. The SMILES string of the molecule is NS(=O)(=O)c1c(C(=O)O)ccc2cc(C(=O)O)ccc12.[KH]. The number of carbonyl (C=O) groups is 2. The van der Waals surface area contributed by atoms with Gasteiger partial charge in [-0.1, -0.05) is 12.1 Å². The molecule has 4 N–H and O–H groups in total. The van der Waals surface area contributed by atoms with Crippen molar-refractivity contribution in [3.8, 4) is 0 Å². The van der Waals surface area contributed by atoms with Crippen LogP contribution in [-0.4, -0.2) is 82.0 Å². The second-order valence-electron chi connectivity index (χ2n) is 4.03. The van der Waals surface area contributed by atoms with Gasteiger partial charge in [-0.05, 0) is 23.6 Å². The number of hydrogen-bond donors (Lipinski definition) is 3. The number of rotatable bonds is 3. The molecule has 21 heavy (non-hydrogen) atoms. The van der Waals surface area contributed by atoms with E-state index in [1.807, 2.05) is 0 Å². The van der Waals surface area contributed by atoms with Crippen molar-refractivity contribution in [2.45, 2.75) is 4.90 Å². The summed E-state index contributed by atoms with van der Waals surface area (Å²) in [5.74, 6) is -2.61. The van der Waals surface area contributed by atoms with Crippen LogP contribution in [0.25, 0.3) is 10.8 Å². The second kappa shape index (κ2) is 6.52. The summed E-state index contributed by atoms with van der Waals surface area (Å²) in [5.41, 5.74) is -0.496. The molecule has 2 rings (SSSR count). The molecule has 7 nitrogen and oxygen atoms in total. The Morgan fingerprint density at radius 2 is 1.62 bits per heavy atom. The number of fused-ring (bicyclic) bond motifs is 1. The van der Waals surface area contributed by atoms with E-state index in [1.165, 1.54) is 24.3 Å². The van der Waals surface area contributed by atoms with Crippen LogP contribution in [-0.2, 0) is 10.0 Å². The molecule has 0 aliphatic carbocycles. The van der Waals surface area contributed by atoms with Crippen LogP contribution in [0.5, 0.6) is 0 Å². The fourth-order valence-electron chi connectivity index (χ4n) is 1.91. The van der Waals surface area contributed by atoms with Gasteiger partial charge in [-0.2, -0.15) is 0 Å². The Morgan fingerprint density at radius 3 is 2.10 bits per heavy atom. The third kappa shape index (κ3) is 3.69. The number of carboxylic acid groups (broad SMARTS) is 2. The Balaban J connectivity index is 0.00000220. The van der Waals surface area contributed by atoms with E-state index >= 15 is 0 Å². The summed E-state index contributed by atoms with van der Waals surface area (Å²) < 4.78 is 23.2. The van der Waals surface area contributed by atoms with E-state index in [1.54, 1.807) is 0 Å². The quantitative estimate of drug-likeness (QED) is 0.687. The zero-order chi connectivity index (χ0) is 15.1. The summed E-state index contributed by atoms with van der Waals surface area (Å²) >= 11 is 0. The van der Waals surface area contributed by atoms with E-state index in [-0.39, 0.29) is 67.7 Å². The Kier molecular flexibility index (Phi) is 5.67. The molecule has 0 bridgehead atoms. The van der Waals surface area contributed by atoms with Crippen molar-refractivity contribution < 1.29 is 28.2 Å². The topological polar surface area (TPSA) is 135 Å². The number of hydrogen-bond acceptors (Lipinski definition) is 4. The Hall–Kier alpha value is -0.814. The van der Waals surface area contributed by atoms with Gasteiger partial charge >= 0.3 is 63.3 Å². The third-order valence-electron chi connectivity index (χ3n) is 2.73. The molecule has 0 aromatic heterocycles. The molecule has 9 heteroatoms. The van der Waals surface area contributed by atoms with Crippen molar-refractivity contribution in [2.75, 3.05) is 0 Å². The number of carboxylic acids is 2. The monoisotopic (exact) mass is 335 g/mol. The van der Waals surface area contributed by atoms with E-state index in [4.69, 9.17) is 15.4 Å². The van der Waals surface area contributed by atoms with E-state index in [0.717, 1.165) is 6.07 Å². The second-order valence-corrected chi connectivity index (χ2v) is 5.53. The van der Waals surface area contributed by atoms with Crippen LogP contribution < -0.4 is 5.14 Å². The van der Waals surface area contributed by atoms with E-state index in [9.17, 15) is 18.0 Å². The van der Waals surface area contributed by atoms with Gasteiger partial charge < -0.3 is 10.2 Å². The normalized spacial score (nSPS) is 10.9. The van der Waals surface area contributed by atoms with Gasteiger partial charge in [0.1, 0.15) is 4.90 Å². The summed E-state index contributed by atoms with van der Waals surface area (Å²) in [6.45, 7) is 0.